The summed E-state index contributed by atoms with van der Waals surface area (Å²) in [5, 5.41) is 14.6. The van der Waals surface area contributed by atoms with Crippen LogP contribution in [0, 0.1) is 17.8 Å². The molecule has 0 aromatic rings. The Labute approximate surface area is 312 Å². The number of sulfonamides is 2. The molecule has 0 heterocycles. The number of carbonyl (C=O) groups is 2. The molecule has 16 heteroatoms. The standard InChI is InChI=1S/C36H67F2N5O7S2/c1-6-9-17-43(40-51(47,48)31-13-11-10-12-14-31)25-34(44)33(20-26-18-29(37)24-30(38)19-26)39-35(45)27-21-28(36(46)42(15-7-2)16-8-3)23-32(22-27)52(49,50)41(4)5/h26-34,40,44H,6-25H2,1-5H3,(H,39,45). The first kappa shape index (κ1) is 44.9. The maximum absolute atomic E-state index is 14.5. The molecule has 0 radical (unpaired) electrons. The zero-order valence-corrected chi connectivity index (χ0v) is 33.8. The molecule has 3 aliphatic carbocycles. The van der Waals surface area contributed by atoms with Gasteiger partial charge in [0.1, 0.15) is 12.3 Å². The number of hydrazine groups is 1. The van der Waals surface area contributed by atoms with Gasteiger partial charge in [0.2, 0.25) is 31.9 Å². The maximum Gasteiger partial charge on any atom is 0.227 e. The molecule has 7 atom stereocenters. The van der Waals surface area contributed by atoms with Gasteiger partial charge in [-0.25, -0.2) is 34.9 Å². The highest BCUT2D eigenvalue weighted by Gasteiger charge is 2.44. The molecule has 3 fully saturated rings. The highest BCUT2D eigenvalue weighted by Crippen LogP contribution is 2.37. The number of hydrogen-bond donors (Lipinski definition) is 3. The summed E-state index contributed by atoms with van der Waals surface area (Å²) in [5.74, 6) is -2.79. The van der Waals surface area contributed by atoms with Gasteiger partial charge in [0.25, 0.3) is 0 Å². The van der Waals surface area contributed by atoms with E-state index >= 15 is 0 Å². The van der Waals surface area contributed by atoms with E-state index in [1.165, 1.54) is 19.1 Å². The number of alkyl halides is 2. The van der Waals surface area contributed by atoms with E-state index in [0.717, 1.165) is 42.8 Å². The Morgan fingerprint density at radius 3 is 1.94 bits per heavy atom. The molecule has 52 heavy (non-hydrogen) atoms. The summed E-state index contributed by atoms with van der Waals surface area (Å²) < 4.78 is 83.8. The molecular weight excluding hydrogens is 717 g/mol. The number of halogens is 2. The molecule has 7 unspecified atom stereocenters. The van der Waals surface area contributed by atoms with Crippen LogP contribution in [0.5, 0.6) is 0 Å². The van der Waals surface area contributed by atoms with Crippen LogP contribution in [-0.4, -0.2) is 123 Å². The SMILES string of the molecule is CCCCN(CC(O)C(CC1CC(F)CC(F)C1)NC(=O)C1CC(C(=O)N(CCC)CCC)CC(S(=O)(=O)N(C)C)C1)NS(=O)(=O)C1CCCCC1. The normalized spacial score (nSPS) is 27.7. The highest BCUT2D eigenvalue weighted by atomic mass is 32.2. The highest BCUT2D eigenvalue weighted by molar-refractivity contribution is 7.90. The van der Waals surface area contributed by atoms with Crippen molar-refractivity contribution in [3.05, 3.63) is 0 Å². The van der Waals surface area contributed by atoms with Crippen LogP contribution < -0.4 is 10.1 Å². The van der Waals surface area contributed by atoms with Gasteiger partial charge in [-0.15, -0.1) is 4.83 Å². The van der Waals surface area contributed by atoms with Gasteiger partial charge < -0.3 is 15.3 Å². The molecule has 3 N–H and O–H groups in total. The van der Waals surface area contributed by atoms with E-state index < -0.39 is 78.7 Å². The molecule has 0 spiro atoms. The number of unbranched alkanes of at least 4 members (excludes halogenated alkanes) is 1. The van der Waals surface area contributed by atoms with Crippen LogP contribution in [-0.2, 0) is 29.6 Å². The van der Waals surface area contributed by atoms with E-state index in [-0.39, 0.29) is 57.4 Å². The summed E-state index contributed by atoms with van der Waals surface area (Å²) in [6.45, 7) is 7.07. The Morgan fingerprint density at radius 1 is 0.788 bits per heavy atom. The third kappa shape index (κ3) is 13.1. The molecule has 0 saturated heterocycles. The first-order valence-corrected chi connectivity index (χ1v) is 22.8. The molecule has 3 rings (SSSR count). The van der Waals surface area contributed by atoms with E-state index in [0.29, 0.717) is 38.9 Å². The second-order valence-electron chi connectivity index (χ2n) is 15.8. The Bertz CT molecular complexity index is 1320. The quantitative estimate of drug-likeness (QED) is 0.155. The van der Waals surface area contributed by atoms with Gasteiger partial charge in [0.15, 0.2) is 0 Å². The Kier molecular flexibility index (Phi) is 18.2. The number of amides is 2. The average molecular weight is 784 g/mol. The lowest BCUT2D eigenvalue weighted by Crippen LogP contribution is -2.56. The molecule has 304 valence electrons. The monoisotopic (exact) mass is 783 g/mol. The van der Waals surface area contributed by atoms with Gasteiger partial charge in [0.05, 0.1) is 22.6 Å². The fourth-order valence-electron chi connectivity index (χ4n) is 8.31. The van der Waals surface area contributed by atoms with Crippen molar-refractivity contribution >= 4 is 31.9 Å². The molecule has 0 aliphatic heterocycles. The van der Waals surface area contributed by atoms with E-state index in [2.05, 4.69) is 10.1 Å². The van der Waals surface area contributed by atoms with Crippen LogP contribution in [0.4, 0.5) is 8.78 Å². The third-order valence-electron chi connectivity index (χ3n) is 11.1. The van der Waals surface area contributed by atoms with E-state index in [1.54, 1.807) is 4.90 Å². The second-order valence-corrected chi connectivity index (χ2v) is 20.1. The van der Waals surface area contributed by atoms with Crippen LogP contribution in [0.2, 0.25) is 0 Å². The minimum Gasteiger partial charge on any atom is -0.390 e. The van der Waals surface area contributed by atoms with Crippen molar-refractivity contribution in [2.75, 3.05) is 40.3 Å². The minimum atomic E-state index is -3.84. The molecule has 3 aliphatic rings. The van der Waals surface area contributed by atoms with Crippen LogP contribution in [0.1, 0.15) is 124 Å². The van der Waals surface area contributed by atoms with Crippen molar-refractivity contribution < 1.29 is 40.3 Å². The van der Waals surface area contributed by atoms with Crippen molar-refractivity contribution in [3.63, 3.8) is 0 Å². The zero-order valence-electron chi connectivity index (χ0n) is 32.1. The van der Waals surface area contributed by atoms with Crippen molar-refractivity contribution in [1.82, 2.24) is 24.4 Å². The van der Waals surface area contributed by atoms with Crippen LogP contribution in [0.15, 0.2) is 0 Å². The molecular formula is C36H67F2N5O7S2. The lowest BCUT2D eigenvalue weighted by Gasteiger charge is -2.38. The Balaban J connectivity index is 1.89. The van der Waals surface area contributed by atoms with Gasteiger partial charge in [-0.3, -0.25) is 9.59 Å². The van der Waals surface area contributed by atoms with Crippen molar-refractivity contribution in [2.45, 2.75) is 158 Å². The summed E-state index contributed by atoms with van der Waals surface area (Å²) in [6, 6.07) is -1.00. The zero-order chi connectivity index (χ0) is 38.6. The number of nitrogens with one attached hydrogen (secondary N) is 2. The Hall–Kier alpha value is -1.46. The average Bonchev–Trinajstić information content (AvgIpc) is 3.09. The summed E-state index contributed by atoms with van der Waals surface area (Å²) >= 11 is 0. The van der Waals surface area contributed by atoms with Gasteiger partial charge in [-0.1, -0.05) is 46.5 Å². The Morgan fingerprint density at radius 2 is 1.38 bits per heavy atom. The second kappa shape index (κ2) is 21.0. The van der Waals surface area contributed by atoms with Gasteiger partial charge in [0, 0.05) is 58.5 Å². The van der Waals surface area contributed by atoms with Crippen LogP contribution >= 0.6 is 0 Å². The molecule has 0 bridgehead atoms. The predicted molar refractivity (Wildman–Crippen MR) is 199 cm³/mol. The van der Waals surface area contributed by atoms with Crippen molar-refractivity contribution in [1.29, 1.82) is 0 Å². The van der Waals surface area contributed by atoms with E-state index in [4.69, 9.17) is 0 Å². The lowest BCUT2D eigenvalue weighted by molar-refractivity contribution is -0.138. The van der Waals surface area contributed by atoms with Gasteiger partial charge in [-0.05, 0) is 76.5 Å². The van der Waals surface area contributed by atoms with Gasteiger partial charge in [-0.2, -0.15) is 0 Å². The van der Waals surface area contributed by atoms with Crippen LogP contribution in [0.3, 0.4) is 0 Å². The fourth-order valence-corrected chi connectivity index (χ4v) is 11.5. The number of aliphatic hydroxyl groups excluding tert-OH is 1. The van der Waals surface area contributed by atoms with E-state index in [1.807, 2.05) is 20.8 Å². The summed E-state index contributed by atoms with van der Waals surface area (Å²) in [6.07, 6.45) is 2.76. The number of aliphatic hydroxyl groups is 1. The minimum absolute atomic E-state index is 0.0210. The lowest BCUT2D eigenvalue weighted by atomic mass is 9.79. The number of hydrogen-bond acceptors (Lipinski definition) is 8. The summed E-state index contributed by atoms with van der Waals surface area (Å²) in [5.41, 5.74) is 0. The number of rotatable bonds is 20. The molecule has 3 saturated carbocycles. The first-order chi connectivity index (χ1) is 24.5. The molecule has 0 aromatic heterocycles. The summed E-state index contributed by atoms with van der Waals surface area (Å²) in [4.78, 5) is 32.4. The number of carbonyl (C=O) groups excluding carboxylic acids is 2. The van der Waals surface area contributed by atoms with Crippen molar-refractivity contribution in [3.8, 4) is 0 Å². The number of nitrogens with zero attached hydrogens (tertiary/aromatic N) is 3. The molecule has 12 nitrogen and oxygen atoms in total. The largest absolute Gasteiger partial charge is 0.390 e. The smallest absolute Gasteiger partial charge is 0.227 e. The first-order valence-electron chi connectivity index (χ1n) is 19.7. The molecule has 0 aromatic carbocycles. The molecule has 2 amide bonds. The van der Waals surface area contributed by atoms with E-state index in [9.17, 15) is 40.3 Å². The maximum atomic E-state index is 14.5. The van der Waals surface area contributed by atoms with Crippen molar-refractivity contribution in [2.24, 2.45) is 17.8 Å². The predicted octanol–water partition coefficient (Wildman–Crippen LogP) is 4.29. The van der Waals surface area contributed by atoms with Crippen LogP contribution in [0.25, 0.3) is 0 Å². The summed E-state index contributed by atoms with van der Waals surface area (Å²) in [7, 11) is -4.73. The topological polar surface area (TPSA) is 156 Å². The third-order valence-corrected chi connectivity index (χ3v) is 15.2. The van der Waals surface area contributed by atoms with Gasteiger partial charge >= 0.3 is 0 Å². The fraction of sp³-hybridized carbons (Fsp3) is 0.944.